The highest BCUT2D eigenvalue weighted by molar-refractivity contribution is 5.77. The summed E-state index contributed by atoms with van der Waals surface area (Å²) in [4.78, 5) is 24.9. The molecule has 2 aromatic rings. The molecule has 2 aliphatic rings. The lowest BCUT2D eigenvalue weighted by atomic mass is 9.96. The second-order valence-electron chi connectivity index (χ2n) is 10.1. The number of nitrogens with zero attached hydrogens (tertiary/aromatic N) is 4. The molecular formula is C28H42N4O2. The third-order valence-electron chi connectivity index (χ3n) is 7.43. The maximum absolute atomic E-state index is 13.0. The van der Waals surface area contributed by atoms with Crippen molar-refractivity contribution in [1.29, 1.82) is 0 Å². The molecule has 186 valence electrons. The third-order valence-corrected chi connectivity index (χ3v) is 7.43. The number of amides is 1. The second-order valence-corrected chi connectivity index (χ2v) is 10.1. The van der Waals surface area contributed by atoms with Crippen LogP contribution in [0.5, 0.6) is 0 Å². The molecule has 0 unspecified atom stereocenters. The zero-order valence-corrected chi connectivity index (χ0v) is 21.2. The molecule has 1 aromatic heterocycles. The number of rotatable bonds is 10. The summed E-state index contributed by atoms with van der Waals surface area (Å²) in [5.74, 6) is 2.71. The normalized spacial score (nSPS) is 18.5. The molecule has 0 spiro atoms. The van der Waals surface area contributed by atoms with Gasteiger partial charge in [-0.2, -0.15) is 0 Å². The van der Waals surface area contributed by atoms with E-state index in [2.05, 4.69) is 35.9 Å². The third kappa shape index (κ3) is 6.92. The molecule has 0 atom stereocenters. The minimum Gasteiger partial charge on any atom is -0.445 e. The molecule has 3 heterocycles. The average Bonchev–Trinajstić information content (AvgIpc) is 3.28. The van der Waals surface area contributed by atoms with Crippen LogP contribution in [0.1, 0.15) is 57.1 Å². The van der Waals surface area contributed by atoms with E-state index in [-0.39, 0.29) is 5.91 Å². The fourth-order valence-electron chi connectivity index (χ4n) is 5.19. The van der Waals surface area contributed by atoms with Crippen LogP contribution in [0.15, 0.2) is 34.7 Å². The molecule has 2 saturated heterocycles. The molecular weight excluding hydrogens is 424 g/mol. The zero-order chi connectivity index (χ0) is 23.8. The van der Waals surface area contributed by atoms with Gasteiger partial charge in [-0.25, -0.2) is 4.98 Å². The van der Waals surface area contributed by atoms with Gasteiger partial charge in [0.25, 0.3) is 0 Å². The Labute approximate surface area is 205 Å². The van der Waals surface area contributed by atoms with Crippen molar-refractivity contribution in [3.05, 3.63) is 42.0 Å². The molecule has 0 bridgehead atoms. The van der Waals surface area contributed by atoms with E-state index >= 15 is 0 Å². The monoisotopic (exact) mass is 466 g/mol. The van der Waals surface area contributed by atoms with Gasteiger partial charge in [0.2, 0.25) is 5.91 Å². The Morgan fingerprint density at radius 3 is 2.44 bits per heavy atom. The van der Waals surface area contributed by atoms with Crippen molar-refractivity contribution >= 4 is 5.91 Å². The highest BCUT2D eigenvalue weighted by Gasteiger charge is 2.25. The number of carbonyl (C=O) groups excluding carboxylic acids is 1. The van der Waals surface area contributed by atoms with Gasteiger partial charge in [-0.1, -0.05) is 50.1 Å². The van der Waals surface area contributed by atoms with Crippen LogP contribution in [0.25, 0.3) is 11.3 Å². The molecule has 0 aliphatic carbocycles. The molecule has 1 aromatic carbocycles. The lowest BCUT2D eigenvalue weighted by molar-refractivity contribution is -0.133. The van der Waals surface area contributed by atoms with Crippen LogP contribution >= 0.6 is 0 Å². The standard InChI is InChI=1S/C28H42N4O2/c1-3-4-6-11-26-29-28(24-9-7-5-8-10-24)25(34-26)12-13-27(33)32-20-18-31(19-21-32)22-23-14-16-30(2)17-15-23/h5,7-10,23H,3-4,6,11-22H2,1-2H3. The Kier molecular flexibility index (Phi) is 9.17. The highest BCUT2D eigenvalue weighted by atomic mass is 16.4. The molecule has 0 saturated carbocycles. The van der Waals surface area contributed by atoms with Gasteiger partial charge in [0.05, 0.1) is 0 Å². The number of unbranched alkanes of at least 4 members (excludes halogenated alkanes) is 2. The lowest BCUT2D eigenvalue weighted by Crippen LogP contribution is -2.50. The van der Waals surface area contributed by atoms with Crippen molar-refractivity contribution in [1.82, 2.24) is 19.7 Å². The largest absolute Gasteiger partial charge is 0.445 e. The topological polar surface area (TPSA) is 52.8 Å². The summed E-state index contributed by atoms with van der Waals surface area (Å²) in [6, 6.07) is 10.2. The van der Waals surface area contributed by atoms with Gasteiger partial charge < -0.3 is 14.2 Å². The fourth-order valence-corrected chi connectivity index (χ4v) is 5.19. The smallest absolute Gasteiger partial charge is 0.223 e. The number of likely N-dealkylation sites (tertiary alicyclic amines) is 1. The van der Waals surface area contributed by atoms with Crippen molar-refractivity contribution in [3.63, 3.8) is 0 Å². The quantitative estimate of drug-likeness (QED) is 0.483. The summed E-state index contributed by atoms with van der Waals surface area (Å²) in [6.07, 6.45) is 8.01. The summed E-state index contributed by atoms with van der Waals surface area (Å²) >= 11 is 0. The van der Waals surface area contributed by atoms with Crippen LogP contribution in [0.2, 0.25) is 0 Å². The second kappa shape index (κ2) is 12.5. The van der Waals surface area contributed by atoms with E-state index in [4.69, 9.17) is 9.40 Å². The van der Waals surface area contributed by atoms with Crippen molar-refractivity contribution in [2.45, 2.75) is 58.3 Å². The van der Waals surface area contributed by atoms with E-state index in [1.165, 1.54) is 45.3 Å². The van der Waals surface area contributed by atoms with Gasteiger partial charge in [0.15, 0.2) is 5.89 Å². The van der Waals surface area contributed by atoms with E-state index in [9.17, 15) is 4.79 Å². The van der Waals surface area contributed by atoms with Gasteiger partial charge in [-0.05, 0) is 45.3 Å². The first-order chi connectivity index (χ1) is 16.6. The van der Waals surface area contributed by atoms with Crippen LogP contribution < -0.4 is 0 Å². The van der Waals surface area contributed by atoms with Crippen LogP contribution in [0, 0.1) is 5.92 Å². The molecule has 0 radical (unpaired) electrons. The fraction of sp³-hybridized carbons (Fsp3) is 0.643. The molecule has 2 aliphatic heterocycles. The number of piperidine rings is 1. The average molecular weight is 467 g/mol. The first kappa shape index (κ1) is 24.9. The molecule has 34 heavy (non-hydrogen) atoms. The number of hydrogen-bond acceptors (Lipinski definition) is 5. The predicted octanol–water partition coefficient (Wildman–Crippen LogP) is 4.49. The van der Waals surface area contributed by atoms with E-state index < -0.39 is 0 Å². The number of aryl methyl sites for hydroxylation is 2. The van der Waals surface area contributed by atoms with Crippen molar-refractivity contribution < 1.29 is 9.21 Å². The van der Waals surface area contributed by atoms with Crippen molar-refractivity contribution in [3.8, 4) is 11.3 Å². The van der Waals surface area contributed by atoms with Crippen LogP contribution in [0.3, 0.4) is 0 Å². The number of hydrogen-bond donors (Lipinski definition) is 0. The summed E-state index contributed by atoms with van der Waals surface area (Å²) < 4.78 is 6.17. The summed E-state index contributed by atoms with van der Waals surface area (Å²) in [6.45, 7) is 9.51. The maximum Gasteiger partial charge on any atom is 0.223 e. The molecule has 2 fully saturated rings. The Morgan fingerprint density at radius 2 is 1.74 bits per heavy atom. The number of carbonyl (C=O) groups is 1. The van der Waals surface area contributed by atoms with Gasteiger partial charge in [0.1, 0.15) is 11.5 Å². The van der Waals surface area contributed by atoms with Gasteiger partial charge in [0, 0.05) is 57.5 Å². The minimum atomic E-state index is 0.238. The molecule has 6 heteroatoms. The summed E-state index contributed by atoms with van der Waals surface area (Å²) in [7, 11) is 2.22. The van der Waals surface area contributed by atoms with Gasteiger partial charge in [-0.15, -0.1) is 0 Å². The minimum absolute atomic E-state index is 0.238. The van der Waals surface area contributed by atoms with E-state index in [0.717, 1.165) is 67.8 Å². The molecule has 4 rings (SSSR count). The zero-order valence-electron chi connectivity index (χ0n) is 21.2. The first-order valence-corrected chi connectivity index (χ1v) is 13.3. The number of benzene rings is 1. The van der Waals surface area contributed by atoms with E-state index in [0.29, 0.717) is 12.8 Å². The van der Waals surface area contributed by atoms with Crippen LogP contribution in [0.4, 0.5) is 0 Å². The SMILES string of the molecule is CCCCCc1nc(-c2ccccc2)c(CCC(=O)N2CCN(CC3CCN(C)CC3)CC2)o1. The Hall–Kier alpha value is -2.18. The maximum atomic E-state index is 13.0. The summed E-state index contributed by atoms with van der Waals surface area (Å²) in [5, 5.41) is 0. The van der Waals surface area contributed by atoms with Gasteiger partial charge in [-0.3, -0.25) is 9.69 Å². The van der Waals surface area contributed by atoms with E-state index in [1.54, 1.807) is 0 Å². The molecule has 1 amide bonds. The first-order valence-electron chi connectivity index (χ1n) is 13.3. The number of piperazine rings is 1. The molecule has 0 N–H and O–H groups in total. The van der Waals surface area contributed by atoms with E-state index in [1.807, 2.05) is 23.1 Å². The Morgan fingerprint density at radius 1 is 1.00 bits per heavy atom. The predicted molar refractivity (Wildman–Crippen MR) is 137 cm³/mol. The lowest BCUT2D eigenvalue weighted by Gasteiger charge is -2.38. The number of aromatic nitrogens is 1. The Bertz CT molecular complexity index is 881. The molecule has 6 nitrogen and oxygen atoms in total. The van der Waals surface area contributed by atoms with Crippen LogP contribution in [-0.4, -0.2) is 78.5 Å². The Balaban J connectivity index is 1.28. The van der Waals surface area contributed by atoms with Crippen LogP contribution in [-0.2, 0) is 17.6 Å². The number of oxazole rings is 1. The summed E-state index contributed by atoms with van der Waals surface area (Å²) in [5.41, 5.74) is 1.97. The van der Waals surface area contributed by atoms with Crippen molar-refractivity contribution in [2.75, 3.05) is 52.9 Å². The highest BCUT2D eigenvalue weighted by Crippen LogP contribution is 2.26. The van der Waals surface area contributed by atoms with Crippen molar-refractivity contribution in [2.24, 2.45) is 5.92 Å². The van der Waals surface area contributed by atoms with Gasteiger partial charge >= 0.3 is 0 Å².